The number of benzene rings is 1. The molecule has 0 spiro atoms. The second kappa shape index (κ2) is 6.15. The van der Waals surface area contributed by atoms with Gasteiger partial charge in [0.15, 0.2) is 0 Å². The summed E-state index contributed by atoms with van der Waals surface area (Å²) in [6, 6.07) is 8.34. The Labute approximate surface area is 117 Å². The highest BCUT2D eigenvalue weighted by Gasteiger charge is 2.35. The highest BCUT2D eigenvalue weighted by Crippen LogP contribution is 2.29. The Morgan fingerprint density at radius 2 is 2.33 bits per heavy atom. The Hall–Kier alpha value is -0.420. The molecule has 0 saturated carbocycles. The van der Waals surface area contributed by atoms with Gasteiger partial charge in [-0.15, -0.1) is 0 Å². The van der Waals surface area contributed by atoms with Crippen LogP contribution in [-0.2, 0) is 11.3 Å². The number of hydrogen-bond acceptors (Lipinski definition) is 3. The van der Waals surface area contributed by atoms with Crippen molar-refractivity contribution in [1.82, 2.24) is 4.90 Å². The zero-order chi connectivity index (χ0) is 13.0. The summed E-state index contributed by atoms with van der Waals surface area (Å²) in [4.78, 5) is 2.26. The lowest BCUT2D eigenvalue weighted by Crippen LogP contribution is -2.38. The van der Waals surface area contributed by atoms with Gasteiger partial charge in [-0.2, -0.15) is 0 Å². The minimum atomic E-state index is -0.0687. The van der Waals surface area contributed by atoms with Gasteiger partial charge in [-0.25, -0.2) is 0 Å². The van der Waals surface area contributed by atoms with Crippen LogP contribution in [-0.4, -0.2) is 43.4 Å². The maximum atomic E-state index is 9.56. The van der Waals surface area contributed by atoms with Gasteiger partial charge in [0.2, 0.25) is 0 Å². The van der Waals surface area contributed by atoms with E-state index < -0.39 is 0 Å². The maximum absolute atomic E-state index is 9.56. The monoisotopic (exact) mass is 313 g/mol. The zero-order valence-corrected chi connectivity index (χ0v) is 12.3. The van der Waals surface area contributed by atoms with Crippen molar-refractivity contribution in [3.63, 3.8) is 0 Å². The Morgan fingerprint density at radius 1 is 1.50 bits per heavy atom. The van der Waals surface area contributed by atoms with E-state index in [1.165, 1.54) is 5.56 Å². The molecule has 18 heavy (non-hydrogen) atoms. The predicted molar refractivity (Wildman–Crippen MR) is 75.4 cm³/mol. The molecule has 1 aromatic rings. The van der Waals surface area contributed by atoms with E-state index >= 15 is 0 Å². The third kappa shape index (κ3) is 3.54. The third-order valence-corrected chi connectivity index (χ3v) is 3.96. The number of ether oxygens (including phenoxy) is 1. The molecule has 0 aromatic heterocycles. The molecule has 1 aliphatic rings. The lowest BCUT2D eigenvalue weighted by atomic mass is 9.88. The quantitative estimate of drug-likeness (QED) is 0.905. The van der Waals surface area contributed by atoms with Gasteiger partial charge in [0, 0.05) is 29.6 Å². The molecule has 0 aliphatic carbocycles. The Kier molecular flexibility index (Phi) is 4.78. The molecule has 1 atom stereocenters. The van der Waals surface area contributed by atoms with E-state index in [4.69, 9.17) is 4.74 Å². The largest absolute Gasteiger partial charge is 0.396 e. The van der Waals surface area contributed by atoms with Crippen LogP contribution < -0.4 is 0 Å². The first-order valence-electron chi connectivity index (χ1n) is 6.25. The van der Waals surface area contributed by atoms with E-state index in [1.54, 1.807) is 0 Å². The second-order valence-electron chi connectivity index (χ2n) is 5.26. The molecule has 1 aromatic carbocycles. The number of aliphatic hydroxyl groups excluding tert-OH is 1. The van der Waals surface area contributed by atoms with Crippen LogP contribution in [0.2, 0.25) is 0 Å². The predicted octanol–water partition coefficient (Wildman–Crippen LogP) is 2.28. The third-order valence-electron chi connectivity index (χ3n) is 3.47. The lowest BCUT2D eigenvalue weighted by Gasteiger charge is -2.30. The summed E-state index contributed by atoms with van der Waals surface area (Å²) in [7, 11) is 2.09. The van der Waals surface area contributed by atoms with E-state index in [9.17, 15) is 5.11 Å². The SMILES string of the molecule is CN(Cc1cccc(Br)c1)CC1(CO)CCOC1. The van der Waals surface area contributed by atoms with Gasteiger partial charge in [0.1, 0.15) is 0 Å². The Morgan fingerprint density at radius 3 is 2.94 bits per heavy atom. The van der Waals surface area contributed by atoms with Crippen LogP contribution in [0.3, 0.4) is 0 Å². The molecule has 0 radical (unpaired) electrons. The number of nitrogens with zero attached hydrogens (tertiary/aromatic N) is 1. The summed E-state index contributed by atoms with van der Waals surface area (Å²) in [5, 5.41) is 9.56. The molecule has 0 amide bonds. The molecule has 100 valence electrons. The fourth-order valence-electron chi connectivity index (χ4n) is 2.52. The van der Waals surface area contributed by atoms with Crippen LogP contribution in [0.25, 0.3) is 0 Å². The lowest BCUT2D eigenvalue weighted by molar-refractivity contribution is 0.0625. The van der Waals surface area contributed by atoms with E-state index in [2.05, 4.69) is 40.0 Å². The summed E-state index contributed by atoms with van der Waals surface area (Å²) in [5.41, 5.74) is 1.21. The van der Waals surface area contributed by atoms with Gasteiger partial charge in [-0.05, 0) is 31.2 Å². The molecule has 1 fully saturated rings. The van der Waals surface area contributed by atoms with Crippen molar-refractivity contribution >= 4 is 15.9 Å². The number of aliphatic hydroxyl groups is 1. The summed E-state index contributed by atoms with van der Waals surface area (Å²) in [6.45, 7) is 3.41. The molecular formula is C14H20BrNO2. The summed E-state index contributed by atoms with van der Waals surface area (Å²) in [5.74, 6) is 0. The molecule has 1 unspecified atom stereocenters. The molecule has 3 nitrogen and oxygen atoms in total. The zero-order valence-electron chi connectivity index (χ0n) is 10.7. The van der Waals surface area contributed by atoms with Gasteiger partial charge in [0.25, 0.3) is 0 Å². The first kappa shape index (κ1) is 14.0. The van der Waals surface area contributed by atoms with E-state index in [0.29, 0.717) is 6.61 Å². The number of halogens is 1. The van der Waals surface area contributed by atoms with Crippen molar-refractivity contribution in [3.8, 4) is 0 Å². The van der Waals surface area contributed by atoms with Crippen molar-refractivity contribution in [3.05, 3.63) is 34.3 Å². The van der Waals surface area contributed by atoms with Crippen molar-refractivity contribution in [2.24, 2.45) is 5.41 Å². The van der Waals surface area contributed by atoms with Crippen molar-refractivity contribution < 1.29 is 9.84 Å². The van der Waals surface area contributed by atoms with Crippen molar-refractivity contribution in [1.29, 1.82) is 0 Å². The molecule has 1 N–H and O–H groups in total. The van der Waals surface area contributed by atoms with Crippen LogP contribution in [0, 0.1) is 5.41 Å². The molecule has 1 heterocycles. The topological polar surface area (TPSA) is 32.7 Å². The molecule has 4 heteroatoms. The van der Waals surface area contributed by atoms with Crippen molar-refractivity contribution in [2.75, 3.05) is 33.4 Å². The molecule has 1 saturated heterocycles. The minimum absolute atomic E-state index is 0.0687. The number of rotatable bonds is 5. The van der Waals surface area contributed by atoms with E-state index in [0.717, 1.165) is 30.6 Å². The van der Waals surface area contributed by atoms with Crippen LogP contribution >= 0.6 is 15.9 Å². The average molecular weight is 314 g/mol. The molecule has 0 bridgehead atoms. The highest BCUT2D eigenvalue weighted by molar-refractivity contribution is 9.10. The Balaban J connectivity index is 1.93. The molecular weight excluding hydrogens is 294 g/mol. The Bertz CT molecular complexity index is 391. The van der Waals surface area contributed by atoms with Crippen LogP contribution in [0.5, 0.6) is 0 Å². The van der Waals surface area contributed by atoms with Gasteiger partial charge in [-0.3, -0.25) is 0 Å². The van der Waals surface area contributed by atoms with Gasteiger partial charge in [-0.1, -0.05) is 28.1 Å². The standard InChI is InChI=1S/C14H20BrNO2/c1-16(8-12-3-2-4-13(15)7-12)9-14(10-17)5-6-18-11-14/h2-4,7,17H,5-6,8-11H2,1H3. The maximum Gasteiger partial charge on any atom is 0.0557 e. The fraction of sp³-hybridized carbons (Fsp3) is 0.571. The molecule has 2 rings (SSSR count). The van der Waals surface area contributed by atoms with Gasteiger partial charge < -0.3 is 14.7 Å². The summed E-state index contributed by atoms with van der Waals surface area (Å²) < 4.78 is 6.53. The highest BCUT2D eigenvalue weighted by atomic mass is 79.9. The van der Waals surface area contributed by atoms with Crippen molar-refractivity contribution in [2.45, 2.75) is 13.0 Å². The average Bonchev–Trinajstić information content (AvgIpc) is 2.78. The minimum Gasteiger partial charge on any atom is -0.396 e. The smallest absolute Gasteiger partial charge is 0.0557 e. The summed E-state index contributed by atoms with van der Waals surface area (Å²) in [6.07, 6.45) is 0.951. The second-order valence-corrected chi connectivity index (χ2v) is 6.18. The first-order valence-corrected chi connectivity index (χ1v) is 7.04. The van der Waals surface area contributed by atoms with Gasteiger partial charge >= 0.3 is 0 Å². The van der Waals surface area contributed by atoms with E-state index in [1.807, 2.05) is 12.1 Å². The fourth-order valence-corrected chi connectivity index (χ4v) is 2.97. The van der Waals surface area contributed by atoms with Crippen LogP contribution in [0.4, 0.5) is 0 Å². The summed E-state index contributed by atoms with van der Waals surface area (Å²) >= 11 is 3.49. The number of hydrogen-bond donors (Lipinski definition) is 1. The van der Waals surface area contributed by atoms with Gasteiger partial charge in [0.05, 0.1) is 13.2 Å². The van der Waals surface area contributed by atoms with E-state index in [-0.39, 0.29) is 12.0 Å². The molecule has 1 aliphatic heterocycles. The normalized spacial score (nSPS) is 23.8. The van der Waals surface area contributed by atoms with Crippen LogP contribution in [0.1, 0.15) is 12.0 Å². The first-order chi connectivity index (χ1) is 8.63. The van der Waals surface area contributed by atoms with Crippen LogP contribution in [0.15, 0.2) is 28.7 Å².